The van der Waals surface area contributed by atoms with E-state index >= 15 is 0 Å². The number of likely N-dealkylation sites (tertiary alicyclic amines) is 1. The Balaban J connectivity index is 1.81. The van der Waals surface area contributed by atoms with Crippen LogP contribution in [0.5, 0.6) is 0 Å². The van der Waals surface area contributed by atoms with Crippen LogP contribution in [-0.4, -0.2) is 30.4 Å². The SMILES string of the molecule is NC[C@@H]1CN(C(=O)c2sccc2Br)C[C@H]1c1ccccc1. The molecule has 0 bridgehead atoms. The third-order valence-corrected chi connectivity index (χ3v) is 5.90. The number of hydrogen-bond acceptors (Lipinski definition) is 3. The molecular weight excluding hydrogens is 348 g/mol. The van der Waals surface area contributed by atoms with Gasteiger partial charge in [-0.3, -0.25) is 4.79 Å². The summed E-state index contributed by atoms with van der Waals surface area (Å²) in [6, 6.07) is 12.3. The molecule has 0 radical (unpaired) electrons. The molecule has 1 amide bonds. The van der Waals surface area contributed by atoms with Crippen molar-refractivity contribution < 1.29 is 4.79 Å². The molecule has 1 fully saturated rings. The Bertz CT molecular complexity index is 628. The second kappa shape index (κ2) is 6.30. The van der Waals surface area contributed by atoms with Crippen LogP contribution in [0.15, 0.2) is 46.3 Å². The van der Waals surface area contributed by atoms with Gasteiger partial charge in [0.25, 0.3) is 5.91 Å². The van der Waals surface area contributed by atoms with Crippen molar-refractivity contribution in [2.75, 3.05) is 19.6 Å². The zero-order chi connectivity index (χ0) is 14.8. The average Bonchev–Trinajstić information content (AvgIpc) is 3.13. The molecule has 1 aliphatic rings. The first-order valence-corrected chi connectivity index (χ1v) is 8.65. The predicted molar refractivity (Wildman–Crippen MR) is 89.6 cm³/mol. The molecule has 1 saturated heterocycles. The van der Waals surface area contributed by atoms with Crippen LogP contribution < -0.4 is 5.73 Å². The predicted octanol–water partition coefficient (Wildman–Crippen LogP) is 3.33. The summed E-state index contributed by atoms with van der Waals surface area (Å²) in [5.74, 6) is 0.766. The van der Waals surface area contributed by atoms with E-state index in [9.17, 15) is 4.79 Å². The van der Waals surface area contributed by atoms with Crippen LogP contribution in [0.2, 0.25) is 0 Å². The van der Waals surface area contributed by atoms with Crippen molar-refractivity contribution in [2.45, 2.75) is 5.92 Å². The Morgan fingerprint density at radius 1 is 1.29 bits per heavy atom. The van der Waals surface area contributed by atoms with Crippen molar-refractivity contribution in [1.82, 2.24) is 4.90 Å². The molecule has 0 spiro atoms. The zero-order valence-corrected chi connectivity index (χ0v) is 13.9. The highest BCUT2D eigenvalue weighted by atomic mass is 79.9. The van der Waals surface area contributed by atoms with Crippen LogP contribution in [0.25, 0.3) is 0 Å². The van der Waals surface area contributed by atoms with Gasteiger partial charge in [-0.05, 0) is 45.4 Å². The van der Waals surface area contributed by atoms with Gasteiger partial charge in [0, 0.05) is 23.5 Å². The third kappa shape index (κ3) is 2.91. The number of benzene rings is 1. The molecule has 21 heavy (non-hydrogen) atoms. The normalized spacial score (nSPS) is 21.7. The fraction of sp³-hybridized carbons (Fsp3) is 0.312. The van der Waals surface area contributed by atoms with Gasteiger partial charge in [-0.2, -0.15) is 0 Å². The van der Waals surface area contributed by atoms with Gasteiger partial charge in [0.15, 0.2) is 0 Å². The second-order valence-corrected chi connectivity index (χ2v) is 7.09. The van der Waals surface area contributed by atoms with Gasteiger partial charge < -0.3 is 10.6 Å². The van der Waals surface area contributed by atoms with Gasteiger partial charge in [-0.25, -0.2) is 0 Å². The van der Waals surface area contributed by atoms with Crippen LogP contribution in [0.3, 0.4) is 0 Å². The topological polar surface area (TPSA) is 46.3 Å². The van der Waals surface area contributed by atoms with Crippen molar-refractivity contribution in [3.8, 4) is 0 Å². The van der Waals surface area contributed by atoms with Crippen LogP contribution in [0.1, 0.15) is 21.2 Å². The molecule has 0 unspecified atom stereocenters. The van der Waals surface area contributed by atoms with Gasteiger partial charge in [0.1, 0.15) is 4.88 Å². The monoisotopic (exact) mass is 364 g/mol. The molecule has 2 heterocycles. The maximum Gasteiger partial charge on any atom is 0.265 e. The largest absolute Gasteiger partial charge is 0.337 e. The number of amides is 1. The highest BCUT2D eigenvalue weighted by Gasteiger charge is 2.36. The number of thiophene rings is 1. The first kappa shape index (κ1) is 14.8. The first-order chi connectivity index (χ1) is 10.2. The number of hydrogen-bond donors (Lipinski definition) is 1. The van der Waals surface area contributed by atoms with E-state index in [-0.39, 0.29) is 5.91 Å². The van der Waals surface area contributed by atoms with Crippen molar-refractivity contribution in [3.63, 3.8) is 0 Å². The zero-order valence-electron chi connectivity index (χ0n) is 11.5. The van der Waals surface area contributed by atoms with Crippen molar-refractivity contribution in [1.29, 1.82) is 0 Å². The number of carbonyl (C=O) groups excluding carboxylic acids is 1. The van der Waals surface area contributed by atoms with Crippen molar-refractivity contribution in [2.24, 2.45) is 11.7 Å². The number of rotatable bonds is 3. The van der Waals surface area contributed by atoms with Gasteiger partial charge in [0.2, 0.25) is 0 Å². The molecule has 0 saturated carbocycles. The first-order valence-electron chi connectivity index (χ1n) is 6.98. The lowest BCUT2D eigenvalue weighted by atomic mass is 9.89. The van der Waals surface area contributed by atoms with Crippen molar-refractivity contribution in [3.05, 3.63) is 56.7 Å². The van der Waals surface area contributed by atoms with E-state index in [0.717, 1.165) is 22.4 Å². The average molecular weight is 365 g/mol. The summed E-state index contributed by atoms with van der Waals surface area (Å²) in [4.78, 5) is 15.3. The van der Waals surface area contributed by atoms with Crippen LogP contribution in [0, 0.1) is 5.92 Å². The van der Waals surface area contributed by atoms with Gasteiger partial charge in [-0.15, -0.1) is 11.3 Å². The maximum absolute atomic E-state index is 12.6. The minimum absolute atomic E-state index is 0.105. The van der Waals surface area contributed by atoms with Gasteiger partial charge in [0.05, 0.1) is 0 Å². The maximum atomic E-state index is 12.6. The summed E-state index contributed by atoms with van der Waals surface area (Å²) in [6.07, 6.45) is 0. The summed E-state index contributed by atoms with van der Waals surface area (Å²) < 4.78 is 0.880. The summed E-state index contributed by atoms with van der Waals surface area (Å²) in [5.41, 5.74) is 7.20. The molecule has 3 rings (SSSR count). The number of halogens is 1. The summed E-state index contributed by atoms with van der Waals surface area (Å²) in [5, 5.41) is 1.93. The summed E-state index contributed by atoms with van der Waals surface area (Å²) >= 11 is 4.93. The highest BCUT2D eigenvalue weighted by Crippen LogP contribution is 2.34. The molecular formula is C16H17BrN2OS. The van der Waals surface area contributed by atoms with Crippen molar-refractivity contribution >= 4 is 33.2 Å². The van der Waals surface area contributed by atoms with Gasteiger partial charge in [-0.1, -0.05) is 30.3 Å². The van der Waals surface area contributed by atoms with Crippen LogP contribution >= 0.6 is 27.3 Å². The van der Waals surface area contributed by atoms with E-state index in [1.165, 1.54) is 16.9 Å². The highest BCUT2D eigenvalue weighted by molar-refractivity contribution is 9.10. The number of carbonyl (C=O) groups is 1. The molecule has 1 aliphatic heterocycles. The number of nitrogens with zero attached hydrogens (tertiary/aromatic N) is 1. The molecule has 5 heteroatoms. The van der Waals surface area contributed by atoms with E-state index < -0.39 is 0 Å². The third-order valence-electron chi connectivity index (χ3n) is 4.07. The van der Waals surface area contributed by atoms with Crippen LogP contribution in [-0.2, 0) is 0 Å². The number of nitrogens with two attached hydrogens (primary N) is 1. The molecule has 0 aliphatic carbocycles. The lowest BCUT2D eigenvalue weighted by Gasteiger charge is -2.16. The second-order valence-electron chi connectivity index (χ2n) is 5.32. The molecule has 2 atom stereocenters. The Kier molecular flexibility index (Phi) is 4.42. The lowest BCUT2D eigenvalue weighted by molar-refractivity contribution is 0.0790. The van der Waals surface area contributed by atoms with Crippen LogP contribution in [0.4, 0.5) is 0 Å². The van der Waals surface area contributed by atoms with E-state index in [1.54, 1.807) is 0 Å². The molecule has 2 aromatic rings. The van der Waals surface area contributed by atoms with E-state index in [0.29, 0.717) is 18.4 Å². The summed E-state index contributed by atoms with van der Waals surface area (Å²) in [7, 11) is 0. The molecule has 3 nitrogen and oxygen atoms in total. The Labute approximate surface area is 136 Å². The molecule has 110 valence electrons. The Morgan fingerprint density at radius 2 is 2.05 bits per heavy atom. The lowest BCUT2D eigenvalue weighted by Crippen LogP contribution is -2.29. The fourth-order valence-electron chi connectivity index (χ4n) is 2.94. The van der Waals surface area contributed by atoms with E-state index in [1.807, 2.05) is 34.5 Å². The van der Waals surface area contributed by atoms with E-state index in [4.69, 9.17) is 5.73 Å². The molecule has 2 N–H and O–H groups in total. The van der Waals surface area contributed by atoms with E-state index in [2.05, 4.69) is 28.1 Å². The summed E-state index contributed by atoms with van der Waals surface area (Å²) in [6.45, 7) is 2.09. The molecule has 1 aromatic carbocycles. The smallest absolute Gasteiger partial charge is 0.265 e. The Hall–Kier alpha value is -1.17. The molecule has 1 aromatic heterocycles. The fourth-order valence-corrected chi connectivity index (χ4v) is 4.45. The minimum Gasteiger partial charge on any atom is -0.337 e. The minimum atomic E-state index is 0.105. The standard InChI is InChI=1S/C16H17BrN2OS/c17-14-6-7-21-15(14)16(20)19-9-12(8-18)13(10-19)11-4-2-1-3-5-11/h1-7,12-13H,8-10,18H2/t12-,13+/m1/s1. The van der Waals surface area contributed by atoms with Gasteiger partial charge >= 0.3 is 0 Å². The quantitative estimate of drug-likeness (QED) is 0.907. The Morgan fingerprint density at radius 3 is 2.67 bits per heavy atom.